The number of nitrogens with one attached hydrogen (secondary N) is 3. The molecule has 3 N–H and O–H groups in total. The highest BCUT2D eigenvalue weighted by molar-refractivity contribution is 5.96. The lowest BCUT2D eigenvalue weighted by Gasteiger charge is -2.20. The van der Waals surface area contributed by atoms with Crippen LogP contribution in [0.15, 0.2) is 54.6 Å². The van der Waals surface area contributed by atoms with Gasteiger partial charge in [-0.1, -0.05) is 54.6 Å². The summed E-state index contributed by atoms with van der Waals surface area (Å²) in [6.07, 6.45) is 0. The van der Waals surface area contributed by atoms with Crippen molar-refractivity contribution in [1.29, 1.82) is 0 Å². The molecule has 5 heteroatoms. The van der Waals surface area contributed by atoms with Crippen LogP contribution >= 0.6 is 0 Å². The van der Waals surface area contributed by atoms with Gasteiger partial charge in [0.25, 0.3) is 0 Å². The third kappa shape index (κ3) is 4.67. The fourth-order valence-corrected chi connectivity index (χ4v) is 2.42. The molecule has 0 spiro atoms. The largest absolute Gasteiger partial charge is 0.341 e. The van der Waals surface area contributed by atoms with Gasteiger partial charge in [-0.25, -0.2) is 4.79 Å². The fraction of sp³-hybridized carbons (Fsp3) is 0.263. The minimum atomic E-state index is -0.506. The molecule has 0 aromatic heterocycles. The van der Waals surface area contributed by atoms with E-state index in [1.54, 1.807) is 6.92 Å². The van der Waals surface area contributed by atoms with Crippen LogP contribution in [-0.4, -0.2) is 25.0 Å². The van der Waals surface area contributed by atoms with Crippen LogP contribution in [0.5, 0.6) is 0 Å². The number of hydrogen-bond acceptors (Lipinski definition) is 3. The third-order valence-electron chi connectivity index (χ3n) is 3.87. The number of rotatable bonds is 5. The summed E-state index contributed by atoms with van der Waals surface area (Å²) in [6.45, 7) is 3.72. The highest BCUT2D eigenvalue weighted by Gasteiger charge is 2.17. The van der Waals surface area contributed by atoms with Gasteiger partial charge in [0.1, 0.15) is 0 Å². The summed E-state index contributed by atoms with van der Waals surface area (Å²) in [5.74, 6) is -0.359. The minimum Gasteiger partial charge on any atom is -0.341 e. The lowest BCUT2D eigenvalue weighted by molar-refractivity contribution is -0.121. The average molecular weight is 325 g/mol. The van der Waals surface area contributed by atoms with Crippen molar-refractivity contribution in [1.82, 2.24) is 16.0 Å². The monoisotopic (exact) mass is 325 g/mol. The quantitative estimate of drug-likeness (QED) is 0.792. The number of benzene rings is 2. The van der Waals surface area contributed by atoms with Crippen LogP contribution in [0.3, 0.4) is 0 Å². The van der Waals surface area contributed by atoms with E-state index >= 15 is 0 Å². The number of hydrogen-bond donors (Lipinski definition) is 3. The second-order valence-electron chi connectivity index (χ2n) is 5.67. The van der Waals surface area contributed by atoms with Gasteiger partial charge in [0.05, 0.1) is 6.04 Å². The maximum Gasteiger partial charge on any atom is 0.321 e. The van der Waals surface area contributed by atoms with Gasteiger partial charge in [-0.15, -0.1) is 0 Å². The van der Waals surface area contributed by atoms with Crippen LogP contribution in [0.25, 0.3) is 11.1 Å². The van der Waals surface area contributed by atoms with Crippen molar-refractivity contribution in [3.63, 3.8) is 0 Å². The summed E-state index contributed by atoms with van der Waals surface area (Å²) in [4.78, 5) is 23.1. The number of carbonyl (C=O) groups excluding carboxylic acids is 2. The first-order valence-corrected chi connectivity index (χ1v) is 7.95. The summed E-state index contributed by atoms with van der Waals surface area (Å²) >= 11 is 0. The van der Waals surface area contributed by atoms with Crippen molar-refractivity contribution in [2.45, 2.75) is 25.9 Å². The summed E-state index contributed by atoms with van der Waals surface area (Å²) in [5, 5.41) is 7.82. The Morgan fingerprint density at radius 1 is 0.875 bits per heavy atom. The summed E-state index contributed by atoms with van der Waals surface area (Å²) in [5.41, 5.74) is 3.40. The fourth-order valence-electron chi connectivity index (χ4n) is 2.42. The Bertz CT molecular complexity index is 684. The molecule has 0 unspecified atom stereocenters. The Hall–Kier alpha value is -2.66. The van der Waals surface area contributed by atoms with E-state index in [4.69, 9.17) is 0 Å². The van der Waals surface area contributed by atoms with Crippen molar-refractivity contribution < 1.29 is 9.59 Å². The van der Waals surface area contributed by atoms with Crippen molar-refractivity contribution in [2.75, 3.05) is 7.05 Å². The predicted molar refractivity (Wildman–Crippen MR) is 95.5 cm³/mol. The second-order valence-corrected chi connectivity index (χ2v) is 5.67. The van der Waals surface area contributed by atoms with E-state index in [-0.39, 0.29) is 11.9 Å². The Kier molecular flexibility index (Phi) is 6.09. The third-order valence-corrected chi connectivity index (χ3v) is 3.87. The topological polar surface area (TPSA) is 70.2 Å². The van der Waals surface area contributed by atoms with Gasteiger partial charge in [0.2, 0.25) is 5.91 Å². The molecule has 24 heavy (non-hydrogen) atoms. The molecule has 5 nitrogen and oxygen atoms in total. The molecule has 2 rings (SSSR count). The molecule has 0 heterocycles. The van der Waals surface area contributed by atoms with Crippen LogP contribution in [-0.2, 0) is 4.79 Å². The van der Waals surface area contributed by atoms with E-state index in [0.717, 1.165) is 11.1 Å². The maximum absolute atomic E-state index is 11.9. The molecule has 0 radical (unpaired) electrons. The lowest BCUT2D eigenvalue weighted by Crippen LogP contribution is -2.47. The standard InChI is InChI=1S/C19H23N3O2/c1-13(21-14(2)18(23)22-19(24)20-3)15-9-11-17(12-10-15)16-7-5-4-6-8-16/h4-14,21H,1-3H3,(H2,20,22,23,24)/t13-,14-/m1/s1. The van der Waals surface area contributed by atoms with E-state index in [0.29, 0.717) is 0 Å². The second kappa shape index (κ2) is 8.26. The normalized spacial score (nSPS) is 13.0. The van der Waals surface area contributed by atoms with E-state index in [9.17, 15) is 9.59 Å². The van der Waals surface area contributed by atoms with Crippen LogP contribution in [0.2, 0.25) is 0 Å². The molecule has 0 aliphatic heterocycles. The van der Waals surface area contributed by atoms with E-state index in [1.165, 1.54) is 12.6 Å². The Balaban J connectivity index is 1.98. The van der Waals surface area contributed by atoms with Gasteiger partial charge >= 0.3 is 6.03 Å². The SMILES string of the molecule is CNC(=O)NC(=O)[C@@H](C)N[C@H](C)c1ccc(-c2ccccc2)cc1. The van der Waals surface area contributed by atoms with Crippen molar-refractivity contribution >= 4 is 11.9 Å². The molecule has 2 aromatic carbocycles. The molecular formula is C19H23N3O2. The van der Waals surface area contributed by atoms with Crippen LogP contribution in [0, 0.1) is 0 Å². The Labute approximate surface area is 142 Å². The van der Waals surface area contributed by atoms with Crippen LogP contribution in [0.1, 0.15) is 25.5 Å². The van der Waals surface area contributed by atoms with Gasteiger partial charge in [-0.2, -0.15) is 0 Å². The molecule has 0 bridgehead atoms. The predicted octanol–water partition coefficient (Wildman–Crippen LogP) is 2.85. The zero-order valence-corrected chi connectivity index (χ0v) is 14.2. The Morgan fingerprint density at radius 3 is 2.04 bits per heavy atom. The summed E-state index contributed by atoms with van der Waals surface area (Å²) < 4.78 is 0. The number of imide groups is 1. The molecule has 0 aliphatic rings. The minimum absolute atomic E-state index is 0.0136. The number of amides is 3. The molecule has 0 aliphatic carbocycles. The first-order chi connectivity index (χ1) is 11.5. The highest BCUT2D eigenvalue weighted by atomic mass is 16.2. The highest BCUT2D eigenvalue weighted by Crippen LogP contribution is 2.21. The van der Waals surface area contributed by atoms with Gasteiger partial charge in [0.15, 0.2) is 0 Å². The smallest absolute Gasteiger partial charge is 0.321 e. The molecule has 0 saturated heterocycles. The molecule has 0 fully saturated rings. The first-order valence-electron chi connectivity index (χ1n) is 7.95. The number of urea groups is 1. The van der Waals surface area contributed by atoms with Crippen LogP contribution in [0.4, 0.5) is 4.79 Å². The van der Waals surface area contributed by atoms with Gasteiger partial charge in [-0.05, 0) is 30.5 Å². The van der Waals surface area contributed by atoms with Crippen molar-refractivity contribution in [2.24, 2.45) is 0 Å². The zero-order chi connectivity index (χ0) is 17.5. The van der Waals surface area contributed by atoms with Crippen molar-refractivity contribution in [3.8, 4) is 11.1 Å². The first kappa shape index (κ1) is 17.7. The zero-order valence-electron chi connectivity index (χ0n) is 14.2. The van der Waals surface area contributed by atoms with Gasteiger partial charge in [0, 0.05) is 13.1 Å². The molecule has 2 aromatic rings. The number of carbonyl (C=O) groups is 2. The van der Waals surface area contributed by atoms with E-state index in [1.807, 2.05) is 37.3 Å². The van der Waals surface area contributed by atoms with Crippen molar-refractivity contribution in [3.05, 3.63) is 60.2 Å². The maximum atomic E-state index is 11.9. The van der Waals surface area contributed by atoms with Gasteiger partial charge in [-0.3, -0.25) is 15.4 Å². The molecular weight excluding hydrogens is 302 g/mol. The Morgan fingerprint density at radius 2 is 1.46 bits per heavy atom. The molecule has 0 saturated carbocycles. The van der Waals surface area contributed by atoms with E-state index < -0.39 is 12.1 Å². The van der Waals surface area contributed by atoms with Gasteiger partial charge < -0.3 is 5.32 Å². The molecule has 3 amide bonds. The summed E-state index contributed by atoms with van der Waals surface area (Å²) in [6, 6.07) is 17.4. The lowest BCUT2D eigenvalue weighted by atomic mass is 10.0. The molecule has 126 valence electrons. The summed E-state index contributed by atoms with van der Waals surface area (Å²) in [7, 11) is 1.47. The van der Waals surface area contributed by atoms with E-state index in [2.05, 4.69) is 40.2 Å². The molecule has 2 atom stereocenters. The van der Waals surface area contributed by atoms with Crippen LogP contribution < -0.4 is 16.0 Å². The average Bonchev–Trinajstić information content (AvgIpc) is 2.62.